The summed E-state index contributed by atoms with van der Waals surface area (Å²) in [5.74, 6) is -0.447. The van der Waals surface area contributed by atoms with Crippen LogP contribution in [0.25, 0.3) is 15.9 Å². The SMILES string of the molecule is CCNC(=O)NC(=O)C(C)Sc1nc2sc(C)c(CC)c2c(=O)n1-c1cccc(C)c1. The highest BCUT2D eigenvalue weighted by molar-refractivity contribution is 8.00. The predicted octanol–water partition coefficient (Wildman–Crippen LogP) is 3.95. The van der Waals surface area contributed by atoms with Gasteiger partial charge in [0.15, 0.2) is 5.16 Å². The molecule has 0 aliphatic rings. The van der Waals surface area contributed by atoms with Crippen molar-refractivity contribution in [2.45, 2.75) is 51.4 Å². The zero-order chi connectivity index (χ0) is 22.7. The third-order valence-corrected chi connectivity index (χ3v) is 6.93. The number of benzene rings is 1. The first-order valence-corrected chi connectivity index (χ1v) is 11.8. The van der Waals surface area contributed by atoms with Gasteiger partial charge in [0.2, 0.25) is 5.91 Å². The van der Waals surface area contributed by atoms with Crippen LogP contribution in [0.4, 0.5) is 4.79 Å². The van der Waals surface area contributed by atoms with Gasteiger partial charge in [0.05, 0.1) is 16.3 Å². The fraction of sp³-hybridized carbons (Fsp3) is 0.364. The van der Waals surface area contributed by atoms with Gasteiger partial charge < -0.3 is 5.32 Å². The van der Waals surface area contributed by atoms with E-state index in [9.17, 15) is 14.4 Å². The van der Waals surface area contributed by atoms with Crippen LogP contribution >= 0.6 is 23.1 Å². The highest BCUT2D eigenvalue weighted by atomic mass is 32.2. The topological polar surface area (TPSA) is 93.1 Å². The number of thiophene rings is 1. The van der Waals surface area contributed by atoms with Gasteiger partial charge in [0.1, 0.15) is 4.83 Å². The molecule has 0 fully saturated rings. The lowest BCUT2D eigenvalue weighted by Gasteiger charge is -2.16. The number of aromatic nitrogens is 2. The summed E-state index contributed by atoms with van der Waals surface area (Å²) >= 11 is 2.65. The van der Waals surface area contributed by atoms with Crippen molar-refractivity contribution in [1.82, 2.24) is 20.2 Å². The summed E-state index contributed by atoms with van der Waals surface area (Å²) in [7, 11) is 0. The lowest BCUT2D eigenvalue weighted by Crippen LogP contribution is -2.42. The molecule has 0 bridgehead atoms. The molecule has 1 atom stereocenters. The minimum atomic E-state index is -0.630. The van der Waals surface area contributed by atoms with E-state index in [0.29, 0.717) is 27.6 Å². The lowest BCUT2D eigenvalue weighted by molar-refractivity contribution is -0.119. The van der Waals surface area contributed by atoms with E-state index in [-0.39, 0.29) is 5.56 Å². The summed E-state index contributed by atoms with van der Waals surface area (Å²) in [6.07, 6.45) is 0.744. The summed E-state index contributed by atoms with van der Waals surface area (Å²) in [5, 5.41) is 5.29. The second kappa shape index (κ2) is 9.65. The molecule has 0 saturated carbocycles. The Kier molecular flexibility index (Phi) is 7.17. The number of nitrogens with zero attached hydrogens (tertiary/aromatic N) is 2. The molecule has 2 aromatic heterocycles. The number of urea groups is 1. The van der Waals surface area contributed by atoms with Gasteiger partial charge in [0, 0.05) is 11.4 Å². The first kappa shape index (κ1) is 23.0. The average Bonchev–Trinajstić information content (AvgIpc) is 3.03. The lowest BCUT2D eigenvalue weighted by atomic mass is 10.1. The van der Waals surface area contributed by atoms with Gasteiger partial charge in [-0.25, -0.2) is 9.78 Å². The van der Waals surface area contributed by atoms with E-state index in [4.69, 9.17) is 4.98 Å². The van der Waals surface area contributed by atoms with Gasteiger partial charge in [-0.05, 0) is 57.4 Å². The van der Waals surface area contributed by atoms with E-state index in [1.165, 1.54) is 11.3 Å². The first-order chi connectivity index (χ1) is 14.8. The monoisotopic (exact) mass is 458 g/mol. The molecule has 0 aliphatic carbocycles. The molecular formula is C22H26N4O3S2. The van der Waals surface area contributed by atoms with Crippen LogP contribution in [0.15, 0.2) is 34.2 Å². The number of hydrogen-bond acceptors (Lipinski definition) is 6. The zero-order valence-corrected chi connectivity index (χ0v) is 19.9. The Hall–Kier alpha value is -2.65. The third-order valence-electron chi connectivity index (χ3n) is 4.83. The predicted molar refractivity (Wildman–Crippen MR) is 127 cm³/mol. The number of imide groups is 1. The van der Waals surface area contributed by atoms with Gasteiger partial charge in [-0.3, -0.25) is 19.5 Å². The van der Waals surface area contributed by atoms with Crippen molar-refractivity contribution < 1.29 is 9.59 Å². The number of carbonyl (C=O) groups excluding carboxylic acids is 2. The largest absolute Gasteiger partial charge is 0.338 e. The Morgan fingerprint density at radius 3 is 2.65 bits per heavy atom. The number of thioether (sulfide) groups is 1. The molecular weight excluding hydrogens is 432 g/mol. The minimum absolute atomic E-state index is 0.143. The van der Waals surface area contributed by atoms with E-state index in [1.807, 2.05) is 45.0 Å². The van der Waals surface area contributed by atoms with Crippen LogP contribution in [0.1, 0.15) is 36.8 Å². The van der Waals surface area contributed by atoms with E-state index < -0.39 is 17.2 Å². The van der Waals surface area contributed by atoms with Crippen molar-refractivity contribution in [3.8, 4) is 5.69 Å². The maximum absolute atomic E-state index is 13.6. The molecule has 9 heteroatoms. The Morgan fingerprint density at radius 1 is 1.26 bits per heavy atom. The smallest absolute Gasteiger partial charge is 0.321 e. The van der Waals surface area contributed by atoms with Crippen molar-refractivity contribution in [1.29, 1.82) is 0 Å². The molecule has 0 aliphatic heterocycles. The van der Waals surface area contributed by atoms with Crippen LogP contribution in [-0.4, -0.2) is 33.3 Å². The second-order valence-corrected chi connectivity index (χ2v) is 9.66. The number of carbonyl (C=O) groups is 2. The third kappa shape index (κ3) is 4.83. The zero-order valence-electron chi connectivity index (χ0n) is 18.2. The summed E-state index contributed by atoms with van der Waals surface area (Å²) < 4.78 is 1.57. The molecule has 164 valence electrons. The van der Waals surface area contributed by atoms with Gasteiger partial charge in [-0.2, -0.15) is 0 Å². The van der Waals surface area contributed by atoms with E-state index in [1.54, 1.807) is 18.4 Å². The van der Waals surface area contributed by atoms with Crippen LogP contribution in [0.5, 0.6) is 0 Å². The molecule has 0 radical (unpaired) electrons. The molecule has 31 heavy (non-hydrogen) atoms. The number of fused-ring (bicyclic) bond motifs is 1. The van der Waals surface area contributed by atoms with Crippen molar-refractivity contribution in [2.75, 3.05) is 6.54 Å². The molecule has 3 rings (SSSR count). The standard InChI is InChI=1S/C22H26N4O3S2/c1-6-16-13(4)30-19-17(16)20(28)26(15-10-8-9-12(3)11-15)22(25-19)31-14(5)18(27)24-21(29)23-7-2/h8-11,14H,6-7H2,1-5H3,(H2,23,24,27,29). The van der Waals surface area contributed by atoms with E-state index in [0.717, 1.165) is 34.2 Å². The maximum atomic E-state index is 13.6. The second-order valence-electron chi connectivity index (χ2n) is 7.15. The van der Waals surface area contributed by atoms with Gasteiger partial charge in [-0.1, -0.05) is 30.8 Å². The quantitative estimate of drug-likeness (QED) is 0.431. The van der Waals surface area contributed by atoms with Crippen molar-refractivity contribution in [3.63, 3.8) is 0 Å². The fourth-order valence-corrected chi connectivity index (χ4v) is 5.41. The highest BCUT2D eigenvalue weighted by Crippen LogP contribution is 2.31. The van der Waals surface area contributed by atoms with E-state index >= 15 is 0 Å². The van der Waals surface area contributed by atoms with Crippen molar-refractivity contribution in [2.24, 2.45) is 0 Å². The van der Waals surface area contributed by atoms with Gasteiger partial charge in [0.25, 0.3) is 5.56 Å². The number of nitrogens with one attached hydrogen (secondary N) is 2. The molecule has 2 N–H and O–H groups in total. The summed E-state index contributed by atoms with van der Waals surface area (Å²) in [5.41, 5.74) is 2.58. The summed E-state index contributed by atoms with van der Waals surface area (Å²) in [6.45, 7) is 9.87. The van der Waals surface area contributed by atoms with Crippen LogP contribution < -0.4 is 16.2 Å². The van der Waals surface area contributed by atoms with Crippen molar-refractivity contribution in [3.05, 3.63) is 50.6 Å². The minimum Gasteiger partial charge on any atom is -0.338 e. The van der Waals surface area contributed by atoms with Gasteiger partial charge >= 0.3 is 6.03 Å². The Morgan fingerprint density at radius 2 is 2.00 bits per heavy atom. The molecule has 0 saturated heterocycles. The molecule has 7 nitrogen and oxygen atoms in total. The number of amides is 3. The Balaban J connectivity index is 2.11. The van der Waals surface area contributed by atoms with Gasteiger partial charge in [-0.15, -0.1) is 11.3 Å². The molecule has 3 aromatic rings. The van der Waals surface area contributed by atoms with E-state index in [2.05, 4.69) is 10.6 Å². The molecule has 1 aromatic carbocycles. The summed E-state index contributed by atoms with van der Waals surface area (Å²) in [6, 6.07) is 7.09. The maximum Gasteiger partial charge on any atom is 0.321 e. The molecule has 2 heterocycles. The van der Waals surface area contributed by atoms with Crippen LogP contribution in [0, 0.1) is 13.8 Å². The number of aryl methyl sites for hydroxylation is 3. The van der Waals surface area contributed by atoms with Crippen LogP contribution in [-0.2, 0) is 11.2 Å². The van der Waals surface area contributed by atoms with Crippen LogP contribution in [0.3, 0.4) is 0 Å². The Bertz CT molecular complexity index is 1200. The first-order valence-electron chi connectivity index (χ1n) is 10.1. The molecule has 0 spiro atoms. The number of rotatable bonds is 6. The van der Waals surface area contributed by atoms with Crippen molar-refractivity contribution >= 4 is 45.3 Å². The molecule has 3 amide bonds. The fourth-order valence-electron chi connectivity index (χ4n) is 3.33. The average molecular weight is 459 g/mol. The normalized spacial score (nSPS) is 12.0. The highest BCUT2D eigenvalue weighted by Gasteiger charge is 2.23. The number of hydrogen-bond donors (Lipinski definition) is 2. The van der Waals surface area contributed by atoms with Crippen LogP contribution in [0.2, 0.25) is 0 Å². The molecule has 1 unspecified atom stereocenters. The summed E-state index contributed by atoms with van der Waals surface area (Å²) in [4.78, 5) is 44.3. The Labute approximate surface area is 189 Å².